The molecule has 0 saturated carbocycles. The molecule has 0 aliphatic rings. The van der Waals surface area contributed by atoms with Crippen LogP contribution in [0.1, 0.15) is 18.1 Å². The molecule has 4 N–H and O–H groups in total. The van der Waals surface area contributed by atoms with E-state index in [-0.39, 0.29) is 5.91 Å². The molecule has 0 unspecified atom stereocenters. The first kappa shape index (κ1) is 14.6. The van der Waals surface area contributed by atoms with Crippen LogP contribution < -0.4 is 16.4 Å². The summed E-state index contributed by atoms with van der Waals surface area (Å²) in [4.78, 5) is 21.7. The summed E-state index contributed by atoms with van der Waals surface area (Å²) in [6.45, 7) is 1.48. The summed E-state index contributed by atoms with van der Waals surface area (Å²) < 4.78 is 0. The van der Waals surface area contributed by atoms with Gasteiger partial charge >= 0.3 is 6.03 Å². The first-order chi connectivity index (χ1) is 10.0. The van der Waals surface area contributed by atoms with E-state index in [0.717, 1.165) is 23.2 Å². The van der Waals surface area contributed by atoms with E-state index < -0.39 is 6.03 Å². The molecule has 0 radical (unpaired) electrons. The topological polar surface area (TPSA) is 84.2 Å². The summed E-state index contributed by atoms with van der Waals surface area (Å²) >= 11 is 0. The number of hydrogen-bond donors (Lipinski definition) is 3. The number of hydrogen-bond acceptors (Lipinski definition) is 2. The third-order valence-corrected chi connectivity index (χ3v) is 2.90. The van der Waals surface area contributed by atoms with Gasteiger partial charge in [0.1, 0.15) is 0 Å². The number of benzene rings is 2. The highest BCUT2D eigenvalue weighted by Crippen LogP contribution is 2.15. The van der Waals surface area contributed by atoms with Gasteiger partial charge < -0.3 is 16.4 Å². The maximum atomic E-state index is 10.9. The molecule has 0 saturated heterocycles. The second-order valence-electron chi connectivity index (χ2n) is 4.74. The Labute approximate surface area is 123 Å². The number of carbonyl (C=O) groups excluding carboxylic acids is 2. The van der Waals surface area contributed by atoms with Crippen LogP contribution in [-0.4, -0.2) is 11.9 Å². The zero-order valence-corrected chi connectivity index (χ0v) is 11.7. The predicted molar refractivity (Wildman–Crippen MR) is 83.2 cm³/mol. The molecule has 0 spiro atoms. The van der Waals surface area contributed by atoms with Crippen LogP contribution in [0.25, 0.3) is 0 Å². The van der Waals surface area contributed by atoms with Gasteiger partial charge in [-0.2, -0.15) is 0 Å². The molecule has 21 heavy (non-hydrogen) atoms. The maximum Gasteiger partial charge on any atom is 0.316 e. The average Bonchev–Trinajstić information content (AvgIpc) is 2.42. The molecule has 0 fully saturated rings. The summed E-state index contributed by atoms with van der Waals surface area (Å²) in [5, 5.41) is 5.25. The van der Waals surface area contributed by atoms with Gasteiger partial charge in [-0.15, -0.1) is 0 Å². The molecule has 0 heterocycles. The van der Waals surface area contributed by atoms with Gasteiger partial charge in [0.25, 0.3) is 0 Å². The Hall–Kier alpha value is -2.82. The Morgan fingerprint density at radius 1 is 0.857 bits per heavy atom. The zero-order chi connectivity index (χ0) is 15.2. The smallest absolute Gasteiger partial charge is 0.316 e. The van der Waals surface area contributed by atoms with E-state index in [4.69, 9.17) is 5.73 Å². The van der Waals surface area contributed by atoms with Crippen LogP contribution in [0.2, 0.25) is 0 Å². The summed E-state index contributed by atoms with van der Waals surface area (Å²) in [5.74, 6) is -0.0831. The lowest BCUT2D eigenvalue weighted by molar-refractivity contribution is -0.114. The van der Waals surface area contributed by atoms with Crippen molar-refractivity contribution in [2.24, 2.45) is 5.73 Å². The van der Waals surface area contributed by atoms with Crippen molar-refractivity contribution in [2.45, 2.75) is 13.3 Å². The van der Waals surface area contributed by atoms with Crippen LogP contribution in [0.3, 0.4) is 0 Å². The Morgan fingerprint density at radius 3 is 1.67 bits per heavy atom. The Bertz CT molecular complexity index is 576. The lowest BCUT2D eigenvalue weighted by atomic mass is 10.0. The van der Waals surface area contributed by atoms with Gasteiger partial charge in [-0.1, -0.05) is 24.3 Å². The van der Waals surface area contributed by atoms with Crippen molar-refractivity contribution in [3.63, 3.8) is 0 Å². The van der Waals surface area contributed by atoms with Gasteiger partial charge in [0.05, 0.1) is 0 Å². The Balaban J connectivity index is 2.01. The second kappa shape index (κ2) is 6.56. The van der Waals surface area contributed by atoms with E-state index in [9.17, 15) is 9.59 Å². The number of carbonyl (C=O) groups is 2. The van der Waals surface area contributed by atoms with Crippen molar-refractivity contribution < 1.29 is 9.59 Å². The fourth-order valence-corrected chi connectivity index (χ4v) is 1.99. The lowest BCUT2D eigenvalue weighted by Crippen LogP contribution is -2.19. The number of nitrogens with two attached hydrogens (primary N) is 1. The standard InChI is InChI=1S/C16H17N3O2/c1-11(20)18-14-6-2-12(3-7-14)10-13-4-8-15(9-5-13)19-16(17)21/h2-9H,10H2,1H3,(H,18,20)(H3,17,19,21). The molecular formula is C16H17N3O2. The SMILES string of the molecule is CC(=O)Nc1ccc(Cc2ccc(NC(N)=O)cc2)cc1. The van der Waals surface area contributed by atoms with Gasteiger partial charge in [-0.25, -0.2) is 4.79 Å². The van der Waals surface area contributed by atoms with Crippen LogP contribution >= 0.6 is 0 Å². The van der Waals surface area contributed by atoms with Crippen molar-refractivity contribution in [1.29, 1.82) is 0 Å². The molecule has 0 bridgehead atoms. The molecule has 5 nitrogen and oxygen atoms in total. The van der Waals surface area contributed by atoms with Crippen LogP contribution in [0.15, 0.2) is 48.5 Å². The van der Waals surface area contributed by atoms with Gasteiger partial charge in [0.2, 0.25) is 5.91 Å². The largest absolute Gasteiger partial charge is 0.351 e. The van der Waals surface area contributed by atoms with E-state index in [2.05, 4.69) is 10.6 Å². The molecule has 0 aliphatic carbocycles. The lowest BCUT2D eigenvalue weighted by Gasteiger charge is -2.06. The second-order valence-corrected chi connectivity index (χ2v) is 4.74. The maximum absolute atomic E-state index is 10.9. The van der Waals surface area contributed by atoms with Crippen LogP contribution in [-0.2, 0) is 11.2 Å². The molecule has 0 aromatic heterocycles. The molecule has 0 aliphatic heterocycles. The first-order valence-corrected chi connectivity index (χ1v) is 6.55. The summed E-state index contributed by atoms with van der Waals surface area (Å²) in [7, 11) is 0. The molecule has 5 heteroatoms. The van der Waals surface area contributed by atoms with Gasteiger partial charge in [0.15, 0.2) is 0 Å². The summed E-state index contributed by atoms with van der Waals surface area (Å²) in [6.07, 6.45) is 0.775. The van der Waals surface area contributed by atoms with E-state index in [1.807, 2.05) is 48.5 Å². The van der Waals surface area contributed by atoms with Crippen LogP contribution in [0, 0.1) is 0 Å². The fraction of sp³-hybridized carbons (Fsp3) is 0.125. The monoisotopic (exact) mass is 283 g/mol. The first-order valence-electron chi connectivity index (χ1n) is 6.55. The average molecular weight is 283 g/mol. The van der Waals surface area contributed by atoms with E-state index in [1.54, 1.807) is 0 Å². The molecule has 108 valence electrons. The number of urea groups is 1. The fourth-order valence-electron chi connectivity index (χ4n) is 1.99. The number of anilines is 2. The van der Waals surface area contributed by atoms with Crippen LogP contribution in [0.4, 0.5) is 16.2 Å². The molecular weight excluding hydrogens is 266 g/mol. The molecule has 0 atom stereocenters. The van der Waals surface area contributed by atoms with Gasteiger partial charge in [-0.3, -0.25) is 4.79 Å². The minimum Gasteiger partial charge on any atom is -0.351 e. The van der Waals surface area contributed by atoms with Crippen molar-refractivity contribution in [2.75, 3.05) is 10.6 Å². The Morgan fingerprint density at radius 2 is 1.29 bits per heavy atom. The van der Waals surface area contributed by atoms with Crippen molar-refractivity contribution in [3.8, 4) is 0 Å². The van der Waals surface area contributed by atoms with Gasteiger partial charge in [0, 0.05) is 18.3 Å². The van der Waals surface area contributed by atoms with E-state index >= 15 is 0 Å². The highest BCUT2D eigenvalue weighted by molar-refractivity contribution is 5.88. The third kappa shape index (κ3) is 4.65. The molecule has 2 aromatic rings. The third-order valence-electron chi connectivity index (χ3n) is 2.90. The van der Waals surface area contributed by atoms with E-state index in [1.165, 1.54) is 6.92 Å². The van der Waals surface area contributed by atoms with Crippen molar-refractivity contribution >= 4 is 23.3 Å². The quantitative estimate of drug-likeness (QED) is 0.806. The number of amides is 3. The predicted octanol–water partition coefficient (Wildman–Crippen LogP) is 2.73. The normalized spacial score (nSPS) is 9.95. The highest BCUT2D eigenvalue weighted by Gasteiger charge is 2.00. The van der Waals surface area contributed by atoms with Crippen molar-refractivity contribution in [3.05, 3.63) is 59.7 Å². The van der Waals surface area contributed by atoms with Gasteiger partial charge in [-0.05, 0) is 41.8 Å². The van der Waals surface area contributed by atoms with Crippen molar-refractivity contribution in [1.82, 2.24) is 0 Å². The summed E-state index contributed by atoms with van der Waals surface area (Å²) in [5.41, 5.74) is 8.77. The minimum absolute atomic E-state index is 0.0831. The zero-order valence-electron chi connectivity index (χ0n) is 11.7. The highest BCUT2D eigenvalue weighted by atomic mass is 16.2. The number of nitrogens with one attached hydrogen (secondary N) is 2. The van der Waals surface area contributed by atoms with Crippen LogP contribution in [0.5, 0.6) is 0 Å². The van der Waals surface area contributed by atoms with E-state index in [0.29, 0.717) is 5.69 Å². The Kier molecular flexibility index (Phi) is 4.56. The number of rotatable bonds is 4. The molecule has 3 amide bonds. The number of primary amides is 1. The summed E-state index contributed by atoms with van der Waals surface area (Å²) in [6, 6.07) is 14.6. The molecule has 2 rings (SSSR count). The minimum atomic E-state index is -0.573. The molecule has 2 aromatic carbocycles.